The van der Waals surface area contributed by atoms with Gasteiger partial charge in [-0.25, -0.2) is 0 Å². The Bertz CT molecular complexity index is 1930. The van der Waals surface area contributed by atoms with Crippen molar-refractivity contribution in [2.75, 3.05) is 13.2 Å². The maximum atomic E-state index is 14.2. The lowest BCUT2D eigenvalue weighted by Gasteiger charge is -2.44. The number of carbonyl (C=O) groups excluding carboxylic acids is 5. The summed E-state index contributed by atoms with van der Waals surface area (Å²) >= 11 is 0. The zero-order chi connectivity index (χ0) is 44.2. The minimum absolute atomic E-state index is 0.161. The molecule has 0 spiro atoms. The Balaban J connectivity index is 1.34. The summed E-state index contributed by atoms with van der Waals surface area (Å²) in [5.74, 6) is -1.29. The van der Waals surface area contributed by atoms with Crippen LogP contribution in [0.4, 0.5) is 0 Å². The highest BCUT2D eigenvalue weighted by Crippen LogP contribution is 2.37. The maximum Gasteiger partial charge on any atom is 0.262 e. The fourth-order valence-electron chi connectivity index (χ4n) is 8.52. The number of piperidine rings is 1. The summed E-state index contributed by atoms with van der Waals surface area (Å²) in [5, 5.41) is 10.8. The van der Waals surface area contributed by atoms with Crippen LogP contribution in [0.1, 0.15) is 99.0 Å². The van der Waals surface area contributed by atoms with Gasteiger partial charge in [-0.1, -0.05) is 120 Å². The number of nitrogens with one attached hydrogen (secondary N) is 3. The van der Waals surface area contributed by atoms with Gasteiger partial charge in [0.25, 0.3) is 8.32 Å². The molecule has 2 aliphatic rings. The zero-order valence-electron chi connectivity index (χ0n) is 37.1. The second-order valence-electron chi connectivity index (χ2n) is 17.5. The van der Waals surface area contributed by atoms with Crippen molar-refractivity contribution < 1.29 is 33.1 Å². The number of fused-ring (bicyclic) bond motifs is 1. The van der Waals surface area contributed by atoms with Crippen LogP contribution >= 0.6 is 0 Å². The van der Waals surface area contributed by atoms with Crippen LogP contribution in [0.2, 0.25) is 5.04 Å². The highest BCUT2D eigenvalue weighted by molar-refractivity contribution is 6.99. The quantitative estimate of drug-likeness (QED) is 0.0943. The molecule has 2 fully saturated rings. The summed E-state index contributed by atoms with van der Waals surface area (Å²) in [4.78, 5) is 71.8. The highest BCUT2D eigenvalue weighted by Gasteiger charge is 2.51. The van der Waals surface area contributed by atoms with E-state index in [1.807, 2.05) is 81.4 Å². The van der Waals surface area contributed by atoms with Crippen LogP contribution in [0.3, 0.4) is 0 Å². The first-order valence-electron chi connectivity index (χ1n) is 22.1. The standard InChI is InChI=1S/C49H66N4O7Si/c1-8-34(3)44-48(58)53-32-20-19-26-42(53)47(57)50-40(45(55)51-41(46(56)52-44)33-36-28-30-37(31-29-36)59-9-2)25-17-12-18-27-43(54)35(4)60-61(49(5,6)7,38-21-13-10-14-22-38)39-23-15-11-16-24-39/h10-11,13-16,18,21-24,27-31,34-35,40-42,44H,8-9,12,17,19-20,25-26,32-33H2,1-7H3,(H,50,57)(H,51,55)(H,52,56)/b27-18+/t34-,35+,40-,41+,42-,44-/m0/s1. The van der Waals surface area contributed by atoms with E-state index in [0.29, 0.717) is 44.6 Å². The van der Waals surface area contributed by atoms with Gasteiger partial charge in [-0.2, -0.15) is 0 Å². The molecule has 3 aromatic rings. The van der Waals surface area contributed by atoms with E-state index in [9.17, 15) is 24.0 Å². The fourth-order valence-corrected chi connectivity index (χ4v) is 13.2. The SMILES string of the molecule is CCOc1ccc(C[C@H]2NC(=O)[C@H](CCC/C=C/C(=O)[C@@H](C)O[Si](c3ccccc3)(c3ccccc3)C(C)(C)C)NC(=O)[C@@H]3CCCCN3C(=O)[C@H]([C@@H](C)CC)NC2=O)cc1. The van der Waals surface area contributed by atoms with Crippen molar-refractivity contribution in [2.24, 2.45) is 5.92 Å². The number of rotatable bonds is 16. The molecule has 0 aromatic heterocycles. The van der Waals surface area contributed by atoms with Crippen molar-refractivity contribution in [1.29, 1.82) is 0 Å². The molecule has 4 amide bonds. The number of allylic oxidation sites excluding steroid dienone is 1. The van der Waals surface area contributed by atoms with E-state index in [1.54, 1.807) is 24.0 Å². The van der Waals surface area contributed by atoms with Crippen LogP contribution in [0.15, 0.2) is 97.1 Å². The molecule has 5 rings (SSSR count). The fraction of sp³-hybridized carbons (Fsp3) is 0.490. The Kier molecular flexibility index (Phi) is 16.7. The van der Waals surface area contributed by atoms with Gasteiger partial charge in [-0.05, 0) is 97.5 Å². The average Bonchev–Trinajstić information content (AvgIpc) is 3.26. The largest absolute Gasteiger partial charge is 0.494 e. The van der Waals surface area contributed by atoms with Crippen molar-refractivity contribution in [3.8, 4) is 5.75 Å². The normalized spacial score (nSPS) is 21.6. The van der Waals surface area contributed by atoms with Crippen LogP contribution in [-0.2, 0) is 34.8 Å². The molecule has 6 atom stereocenters. The summed E-state index contributed by atoms with van der Waals surface area (Å²) in [6.45, 7) is 15.0. The van der Waals surface area contributed by atoms with E-state index >= 15 is 0 Å². The summed E-state index contributed by atoms with van der Waals surface area (Å²) in [6.07, 6.45) is 6.56. The Morgan fingerprint density at radius 1 is 0.820 bits per heavy atom. The second kappa shape index (κ2) is 21.6. The average molecular weight is 851 g/mol. The first-order chi connectivity index (χ1) is 29.2. The number of benzene rings is 3. The van der Waals surface area contributed by atoms with Gasteiger partial charge in [0.05, 0.1) is 6.61 Å². The van der Waals surface area contributed by atoms with Crippen molar-refractivity contribution in [3.05, 3.63) is 103 Å². The lowest BCUT2D eigenvalue weighted by atomic mass is 9.93. The number of ketones is 1. The molecule has 3 N–H and O–H groups in total. The van der Waals surface area contributed by atoms with E-state index in [0.717, 1.165) is 28.8 Å². The first-order valence-corrected chi connectivity index (χ1v) is 24.0. The monoisotopic (exact) mass is 850 g/mol. The molecule has 0 aliphatic carbocycles. The third-order valence-corrected chi connectivity index (χ3v) is 17.2. The van der Waals surface area contributed by atoms with Crippen LogP contribution in [0.25, 0.3) is 0 Å². The van der Waals surface area contributed by atoms with E-state index < -0.39 is 50.4 Å². The van der Waals surface area contributed by atoms with E-state index in [2.05, 4.69) is 61.0 Å². The van der Waals surface area contributed by atoms with Gasteiger partial charge in [0.2, 0.25) is 23.6 Å². The molecule has 12 heteroatoms. The summed E-state index contributed by atoms with van der Waals surface area (Å²) in [6, 6.07) is 24.1. The molecule has 0 unspecified atom stereocenters. The third-order valence-electron chi connectivity index (χ3n) is 12.1. The van der Waals surface area contributed by atoms with Gasteiger partial charge in [0.1, 0.15) is 36.0 Å². The predicted molar refractivity (Wildman–Crippen MR) is 242 cm³/mol. The lowest BCUT2D eigenvalue weighted by Crippen LogP contribution is -2.68. The van der Waals surface area contributed by atoms with Gasteiger partial charge in [-0.15, -0.1) is 0 Å². The predicted octanol–water partition coefficient (Wildman–Crippen LogP) is 5.78. The van der Waals surface area contributed by atoms with Gasteiger partial charge in [0.15, 0.2) is 5.78 Å². The third kappa shape index (κ3) is 11.6. The minimum Gasteiger partial charge on any atom is -0.494 e. The number of hydrogen-bond acceptors (Lipinski definition) is 7. The topological polar surface area (TPSA) is 143 Å². The molecule has 2 saturated heterocycles. The molecule has 11 nitrogen and oxygen atoms in total. The van der Waals surface area contributed by atoms with Gasteiger partial charge in [-0.3, -0.25) is 24.0 Å². The first kappa shape index (κ1) is 47.0. The molecule has 0 radical (unpaired) electrons. The van der Waals surface area contributed by atoms with Crippen LogP contribution in [-0.4, -0.2) is 86.1 Å². The molecule has 0 bridgehead atoms. The maximum absolute atomic E-state index is 14.2. The van der Waals surface area contributed by atoms with Gasteiger partial charge in [0, 0.05) is 13.0 Å². The van der Waals surface area contributed by atoms with Crippen LogP contribution in [0, 0.1) is 5.92 Å². The Hall–Kier alpha value is -5.07. The number of amides is 4. The summed E-state index contributed by atoms with van der Waals surface area (Å²) < 4.78 is 12.6. The zero-order valence-corrected chi connectivity index (χ0v) is 38.1. The van der Waals surface area contributed by atoms with E-state index in [-0.39, 0.29) is 41.4 Å². The van der Waals surface area contributed by atoms with Crippen LogP contribution < -0.4 is 31.1 Å². The Morgan fingerprint density at radius 2 is 1.43 bits per heavy atom. The smallest absolute Gasteiger partial charge is 0.262 e. The Labute approximate surface area is 363 Å². The minimum atomic E-state index is -2.96. The lowest BCUT2D eigenvalue weighted by molar-refractivity contribution is -0.147. The van der Waals surface area contributed by atoms with Crippen molar-refractivity contribution >= 4 is 48.1 Å². The molecule has 328 valence electrons. The molecule has 3 aromatic carbocycles. The van der Waals surface area contributed by atoms with Crippen molar-refractivity contribution in [3.63, 3.8) is 0 Å². The van der Waals surface area contributed by atoms with Crippen LogP contribution in [0.5, 0.6) is 5.75 Å². The molecular weight excluding hydrogens is 785 g/mol. The highest BCUT2D eigenvalue weighted by atomic mass is 28.4. The Morgan fingerprint density at radius 3 is 2.02 bits per heavy atom. The van der Waals surface area contributed by atoms with Crippen molar-refractivity contribution in [1.82, 2.24) is 20.9 Å². The number of hydrogen-bond donors (Lipinski definition) is 3. The summed E-state index contributed by atoms with van der Waals surface area (Å²) in [5.41, 5.74) is 0.794. The van der Waals surface area contributed by atoms with E-state index in [4.69, 9.17) is 9.16 Å². The molecular formula is C49H66N4O7Si. The molecule has 2 heterocycles. The second-order valence-corrected chi connectivity index (χ2v) is 21.7. The number of carbonyl (C=O) groups is 5. The van der Waals surface area contributed by atoms with Gasteiger partial charge < -0.3 is 30.0 Å². The summed E-state index contributed by atoms with van der Waals surface area (Å²) in [7, 11) is -2.96. The molecule has 0 saturated carbocycles. The molecule has 2 aliphatic heterocycles. The van der Waals surface area contributed by atoms with Gasteiger partial charge >= 0.3 is 0 Å². The molecule has 61 heavy (non-hydrogen) atoms. The number of unbranched alkanes of at least 4 members (excludes halogenated alkanes) is 1. The van der Waals surface area contributed by atoms with Crippen molar-refractivity contribution in [2.45, 2.75) is 135 Å². The number of nitrogens with zero attached hydrogens (tertiary/aromatic N) is 1. The van der Waals surface area contributed by atoms with E-state index in [1.165, 1.54) is 0 Å². The number of ether oxygens (including phenoxy) is 1.